The second kappa shape index (κ2) is 11.5. The summed E-state index contributed by atoms with van der Waals surface area (Å²) in [5, 5.41) is 9.11. The number of aromatic nitrogens is 4. The molecule has 0 aliphatic rings. The highest BCUT2D eigenvalue weighted by Crippen LogP contribution is 2.30. The summed E-state index contributed by atoms with van der Waals surface area (Å²) in [4.78, 5) is 7.60. The van der Waals surface area contributed by atoms with Crippen LogP contribution in [0.4, 0.5) is 0 Å². The van der Waals surface area contributed by atoms with Crippen molar-refractivity contribution in [3.05, 3.63) is 96.4 Å². The summed E-state index contributed by atoms with van der Waals surface area (Å²) in [6, 6.07) is 28.8. The number of nitrogens with one attached hydrogen (secondary N) is 1. The van der Waals surface area contributed by atoms with E-state index in [2.05, 4.69) is 89.2 Å². The Kier molecular flexibility index (Phi) is 7.89. The van der Waals surface area contributed by atoms with Crippen molar-refractivity contribution < 1.29 is 4.43 Å². The topological polar surface area (TPSA) is 55.7 Å². The summed E-state index contributed by atoms with van der Waals surface area (Å²) in [5.74, 6) is 0. The monoisotopic (exact) mass is 528 g/mol. The molecule has 0 spiro atoms. The summed E-state index contributed by atoms with van der Waals surface area (Å²) in [7, 11) is -2.40. The largest absolute Gasteiger partial charge is 0.408 e. The molecule has 0 radical (unpaired) electrons. The molecular formula is C30H33ClN4OSi. The third kappa shape index (κ3) is 5.28. The summed E-state index contributed by atoms with van der Waals surface area (Å²) < 4.78 is 9.14. The lowest BCUT2D eigenvalue weighted by Crippen LogP contribution is -2.60. The molecule has 5 rings (SSSR count). The lowest BCUT2D eigenvalue weighted by Gasteiger charge is -2.33. The van der Waals surface area contributed by atoms with Crippen LogP contribution in [0.25, 0.3) is 22.3 Å². The first kappa shape index (κ1) is 25.5. The second-order valence-corrected chi connectivity index (χ2v) is 13.5. The Morgan fingerprint density at radius 1 is 1.00 bits per heavy atom. The molecule has 5 aromatic rings. The first-order chi connectivity index (χ1) is 18.1. The van der Waals surface area contributed by atoms with Crippen LogP contribution < -0.4 is 10.4 Å². The number of H-pyrrole nitrogens is 1. The first-order valence-corrected chi connectivity index (χ1v) is 15.5. The van der Waals surface area contributed by atoms with Gasteiger partial charge >= 0.3 is 0 Å². The normalized spacial score (nSPS) is 12.7. The molecular weight excluding hydrogens is 496 g/mol. The zero-order valence-corrected chi connectivity index (χ0v) is 23.2. The van der Waals surface area contributed by atoms with Gasteiger partial charge in [-0.2, -0.15) is 5.10 Å². The molecule has 0 fully saturated rings. The van der Waals surface area contributed by atoms with Gasteiger partial charge in [0.1, 0.15) is 10.8 Å². The number of halogens is 1. The Morgan fingerprint density at radius 3 is 2.32 bits per heavy atom. The predicted molar refractivity (Wildman–Crippen MR) is 155 cm³/mol. The molecule has 3 aromatic heterocycles. The Balaban J connectivity index is 1.44. The van der Waals surface area contributed by atoms with Crippen molar-refractivity contribution in [3.63, 3.8) is 0 Å². The fourth-order valence-electron chi connectivity index (χ4n) is 5.08. The van der Waals surface area contributed by atoms with E-state index in [-0.39, 0.29) is 6.04 Å². The van der Waals surface area contributed by atoms with E-state index in [1.165, 1.54) is 10.4 Å². The van der Waals surface area contributed by atoms with Crippen molar-refractivity contribution in [2.24, 2.45) is 0 Å². The highest BCUT2D eigenvalue weighted by atomic mass is 35.5. The molecule has 7 heteroatoms. The number of pyridine rings is 1. The molecule has 190 valence electrons. The van der Waals surface area contributed by atoms with Gasteiger partial charge in [-0.05, 0) is 41.9 Å². The maximum absolute atomic E-state index is 7.06. The van der Waals surface area contributed by atoms with Crippen molar-refractivity contribution >= 4 is 41.2 Å². The Morgan fingerprint density at radius 2 is 1.70 bits per heavy atom. The third-order valence-corrected chi connectivity index (χ3v) is 11.6. The van der Waals surface area contributed by atoms with Gasteiger partial charge in [-0.3, -0.25) is 4.68 Å². The highest BCUT2D eigenvalue weighted by Gasteiger charge is 2.39. The van der Waals surface area contributed by atoms with E-state index in [0.717, 1.165) is 47.6 Å². The molecule has 5 nitrogen and oxygen atoms in total. The smallest absolute Gasteiger partial charge is 0.255 e. The second-order valence-electron chi connectivity index (χ2n) is 9.55. The van der Waals surface area contributed by atoms with E-state index in [1.807, 2.05) is 30.6 Å². The molecule has 0 bridgehead atoms. The number of hydrogen-bond acceptors (Lipinski definition) is 3. The number of fused-ring (bicyclic) bond motifs is 1. The minimum atomic E-state index is -2.40. The van der Waals surface area contributed by atoms with Gasteiger partial charge in [-0.15, -0.1) is 0 Å². The lowest BCUT2D eigenvalue weighted by molar-refractivity contribution is 0.276. The molecule has 0 aliphatic carbocycles. The van der Waals surface area contributed by atoms with E-state index >= 15 is 0 Å². The number of benzene rings is 2. The molecule has 0 aliphatic heterocycles. The number of hydrogen-bond donors (Lipinski definition) is 1. The number of unbranched alkanes of at least 4 members (excludes halogenated alkanes) is 1. The van der Waals surface area contributed by atoms with E-state index in [9.17, 15) is 0 Å². The number of nitrogens with zero attached hydrogens (tertiary/aromatic N) is 3. The zero-order valence-electron chi connectivity index (χ0n) is 21.4. The van der Waals surface area contributed by atoms with Crippen LogP contribution in [0.3, 0.4) is 0 Å². The molecule has 3 heterocycles. The summed E-state index contributed by atoms with van der Waals surface area (Å²) in [6.07, 6.45) is 6.84. The molecule has 1 atom stereocenters. The Hall–Kier alpha value is -3.19. The molecule has 1 unspecified atom stereocenters. The van der Waals surface area contributed by atoms with Crippen LogP contribution in [-0.4, -0.2) is 34.7 Å². The van der Waals surface area contributed by atoms with Crippen molar-refractivity contribution in [2.45, 2.75) is 45.2 Å². The van der Waals surface area contributed by atoms with Crippen LogP contribution in [0.5, 0.6) is 0 Å². The van der Waals surface area contributed by atoms with Gasteiger partial charge in [0.25, 0.3) is 8.32 Å². The van der Waals surface area contributed by atoms with Gasteiger partial charge in [0.2, 0.25) is 0 Å². The van der Waals surface area contributed by atoms with Gasteiger partial charge in [0.05, 0.1) is 17.3 Å². The maximum Gasteiger partial charge on any atom is 0.255 e. The summed E-state index contributed by atoms with van der Waals surface area (Å²) in [5.41, 5.74) is 2.84. The molecule has 0 saturated carbocycles. The minimum Gasteiger partial charge on any atom is -0.408 e. The van der Waals surface area contributed by atoms with Crippen molar-refractivity contribution in [1.29, 1.82) is 0 Å². The number of rotatable bonds is 11. The molecule has 37 heavy (non-hydrogen) atoms. The van der Waals surface area contributed by atoms with Crippen molar-refractivity contribution in [3.8, 4) is 11.4 Å². The molecule has 0 saturated heterocycles. The quantitative estimate of drug-likeness (QED) is 0.155. The average Bonchev–Trinajstić information content (AvgIpc) is 3.60. The van der Waals surface area contributed by atoms with Gasteiger partial charge in [-0.1, -0.05) is 92.0 Å². The van der Waals surface area contributed by atoms with Gasteiger partial charge in [-0.25, -0.2) is 4.98 Å². The van der Waals surface area contributed by atoms with Crippen LogP contribution in [-0.2, 0) is 4.43 Å². The van der Waals surface area contributed by atoms with E-state index in [0.29, 0.717) is 11.8 Å². The van der Waals surface area contributed by atoms with E-state index < -0.39 is 8.32 Å². The minimum absolute atomic E-state index is 0.120. The third-order valence-electron chi connectivity index (χ3n) is 7.08. The van der Waals surface area contributed by atoms with Crippen LogP contribution in [0, 0.1) is 0 Å². The average molecular weight is 529 g/mol. The van der Waals surface area contributed by atoms with Crippen LogP contribution in [0.2, 0.25) is 11.2 Å². The molecule has 2 aromatic carbocycles. The maximum atomic E-state index is 7.06. The van der Waals surface area contributed by atoms with Crippen LogP contribution in [0.15, 0.2) is 91.3 Å². The number of aromatic amines is 1. The van der Waals surface area contributed by atoms with Gasteiger partial charge in [0.15, 0.2) is 0 Å². The van der Waals surface area contributed by atoms with Crippen LogP contribution in [0.1, 0.15) is 39.2 Å². The predicted octanol–water partition coefficient (Wildman–Crippen LogP) is 6.61. The SMILES string of the molecule is CCCC[Si](OCCC(C)n1nc(-c2ccc[nH]2)c2cnc(Cl)cc21)(c1ccccc1)c1ccccc1. The van der Waals surface area contributed by atoms with Gasteiger partial charge in [0, 0.05) is 30.5 Å². The fourth-order valence-corrected chi connectivity index (χ4v) is 9.40. The standard InChI is InChI=1S/C30H33ClN4OSi/c1-3-4-20-37(24-12-7-5-8-13-24,25-14-9-6-10-15-25)36-19-17-23(2)35-28-21-29(31)33-22-26(28)30(34-35)27-16-11-18-32-27/h5-16,18,21-23,32H,3-4,17,19-20H2,1-2H3. The Labute approximate surface area is 224 Å². The summed E-state index contributed by atoms with van der Waals surface area (Å²) >= 11 is 6.30. The Bertz CT molecular complexity index is 1380. The van der Waals surface area contributed by atoms with Crippen molar-refractivity contribution in [2.75, 3.05) is 6.61 Å². The first-order valence-electron chi connectivity index (χ1n) is 13.0. The zero-order chi connectivity index (χ0) is 25.7. The summed E-state index contributed by atoms with van der Waals surface area (Å²) in [6.45, 7) is 5.10. The highest BCUT2D eigenvalue weighted by molar-refractivity contribution is 6.97. The fraction of sp³-hybridized carbons (Fsp3) is 0.267. The van der Waals surface area contributed by atoms with Crippen LogP contribution >= 0.6 is 11.6 Å². The van der Waals surface area contributed by atoms with E-state index in [4.69, 9.17) is 21.1 Å². The van der Waals surface area contributed by atoms with Gasteiger partial charge < -0.3 is 9.41 Å². The van der Waals surface area contributed by atoms with E-state index in [1.54, 1.807) is 0 Å². The molecule has 1 N–H and O–H groups in total. The molecule has 0 amide bonds. The lowest BCUT2D eigenvalue weighted by atomic mass is 10.2. The van der Waals surface area contributed by atoms with Crippen molar-refractivity contribution in [1.82, 2.24) is 19.7 Å².